The number of nitrogens with zero attached hydrogens (tertiary/aromatic N) is 2. The summed E-state index contributed by atoms with van der Waals surface area (Å²) >= 11 is 0. The fourth-order valence-corrected chi connectivity index (χ4v) is 2.44. The number of carbonyl (C=O) groups excluding carboxylic acids is 1. The van der Waals surface area contributed by atoms with Crippen molar-refractivity contribution in [3.05, 3.63) is 0 Å². The lowest BCUT2D eigenvalue weighted by Crippen LogP contribution is -2.47. The number of amides is 2. The second-order valence-electron chi connectivity index (χ2n) is 4.69. The largest absolute Gasteiger partial charge is 0.328 e. The van der Waals surface area contributed by atoms with E-state index in [2.05, 4.69) is 5.32 Å². The smallest absolute Gasteiger partial charge is 0.319 e. The summed E-state index contributed by atoms with van der Waals surface area (Å²) < 4.78 is 0. The molecule has 0 spiro atoms. The normalized spacial score (nSPS) is 27.5. The molecule has 2 aliphatic heterocycles. The summed E-state index contributed by atoms with van der Waals surface area (Å²) in [4.78, 5) is 15.6. The Kier molecular flexibility index (Phi) is 3.46. The first-order chi connectivity index (χ1) is 7.27. The van der Waals surface area contributed by atoms with Gasteiger partial charge in [0.15, 0.2) is 0 Å². The Hall–Kier alpha value is -0.770. The minimum absolute atomic E-state index is 0.215. The molecule has 15 heavy (non-hydrogen) atoms. The molecule has 0 radical (unpaired) electrons. The van der Waals surface area contributed by atoms with Crippen LogP contribution in [0.5, 0.6) is 0 Å². The maximum absolute atomic E-state index is 11.8. The summed E-state index contributed by atoms with van der Waals surface area (Å²) in [5.41, 5.74) is 0. The highest BCUT2D eigenvalue weighted by atomic mass is 16.2. The number of urea groups is 1. The van der Waals surface area contributed by atoms with E-state index in [0.29, 0.717) is 0 Å². The molecule has 0 bridgehead atoms. The third-order valence-electron chi connectivity index (χ3n) is 3.49. The predicted octanol–water partition coefficient (Wildman–Crippen LogP) is 0.743. The standard InChI is InChI=1S/C11H21N3O/c1-13-6-2-7-14(11(13)15)8-4-10-3-5-12-9-10/h10,12H,2-9H2,1H3. The Balaban J connectivity index is 1.75. The van der Waals surface area contributed by atoms with Crippen molar-refractivity contribution < 1.29 is 4.79 Å². The third kappa shape index (κ3) is 2.62. The van der Waals surface area contributed by atoms with Crippen molar-refractivity contribution in [2.45, 2.75) is 19.3 Å². The average Bonchev–Trinajstić information content (AvgIpc) is 2.73. The molecule has 1 unspecified atom stereocenters. The van der Waals surface area contributed by atoms with E-state index < -0.39 is 0 Å². The fraction of sp³-hybridized carbons (Fsp3) is 0.909. The predicted molar refractivity (Wildman–Crippen MR) is 59.8 cm³/mol. The highest BCUT2D eigenvalue weighted by molar-refractivity contribution is 5.74. The minimum Gasteiger partial charge on any atom is -0.328 e. The molecule has 2 aliphatic rings. The summed E-state index contributed by atoms with van der Waals surface area (Å²) in [6.45, 7) is 5.09. The van der Waals surface area contributed by atoms with Gasteiger partial charge in [-0.2, -0.15) is 0 Å². The lowest BCUT2D eigenvalue weighted by molar-refractivity contribution is 0.138. The molecular weight excluding hydrogens is 190 g/mol. The van der Waals surface area contributed by atoms with E-state index in [1.807, 2.05) is 16.8 Å². The fourth-order valence-electron chi connectivity index (χ4n) is 2.44. The van der Waals surface area contributed by atoms with Crippen molar-refractivity contribution in [3.63, 3.8) is 0 Å². The van der Waals surface area contributed by atoms with E-state index in [4.69, 9.17) is 0 Å². The van der Waals surface area contributed by atoms with Crippen LogP contribution in [0.2, 0.25) is 0 Å². The second kappa shape index (κ2) is 4.84. The van der Waals surface area contributed by atoms with Crippen LogP contribution in [0.1, 0.15) is 19.3 Å². The zero-order chi connectivity index (χ0) is 10.7. The number of nitrogens with one attached hydrogen (secondary N) is 1. The van der Waals surface area contributed by atoms with Gasteiger partial charge in [-0.1, -0.05) is 0 Å². The lowest BCUT2D eigenvalue weighted by Gasteiger charge is -2.33. The molecule has 1 N–H and O–H groups in total. The van der Waals surface area contributed by atoms with E-state index in [1.54, 1.807) is 0 Å². The van der Waals surface area contributed by atoms with Gasteiger partial charge in [0.05, 0.1) is 0 Å². The second-order valence-corrected chi connectivity index (χ2v) is 4.69. The minimum atomic E-state index is 0.215. The Morgan fingerprint density at radius 2 is 2.33 bits per heavy atom. The SMILES string of the molecule is CN1CCCN(CCC2CCNC2)C1=O. The summed E-state index contributed by atoms with van der Waals surface area (Å²) in [6.07, 6.45) is 3.55. The van der Waals surface area contributed by atoms with E-state index in [9.17, 15) is 4.79 Å². The van der Waals surface area contributed by atoms with E-state index >= 15 is 0 Å². The maximum Gasteiger partial charge on any atom is 0.319 e. The van der Waals surface area contributed by atoms with E-state index in [0.717, 1.165) is 51.5 Å². The zero-order valence-electron chi connectivity index (χ0n) is 9.54. The van der Waals surface area contributed by atoms with Gasteiger partial charge in [-0.25, -0.2) is 4.79 Å². The molecule has 4 heteroatoms. The Morgan fingerprint density at radius 1 is 1.47 bits per heavy atom. The van der Waals surface area contributed by atoms with Crippen molar-refractivity contribution in [2.24, 2.45) is 5.92 Å². The molecule has 1 atom stereocenters. The molecule has 0 aromatic carbocycles. The van der Waals surface area contributed by atoms with Crippen molar-refractivity contribution in [1.29, 1.82) is 0 Å². The Morgan fingerprint density at radius 3 is 3.07 bits per heavy atom. The van der Waals surface area contributed by atoms with Crippen LogP contribution in [0.4, 0.5) is 4.79 Å². The highest BCUT2D eigenvalue weighted by Crippen LogP contribution is 2.15. The number of hydrogen-bond acceptors (Lipinski definition) is 2. The number of carbonyl (C=O) groups is 1. The molecule has 86 valence electrons. The van der Waals surface area contributed by atoms with Gasteiger partial charge in [0, 0.05) is 26.7 Å². The highest BCUT2D eigenvalue weighted by Gasteiger charge is 2.23. The number of hydrogen-bond donors (Lipinski definition) is 1. The molecule has 2 amide bonds. The molecule has 4 nitrogen and oxygen atoms in total. The van der Waals surface area contributed by atoms with Crippen molar-refractivity contribution in [1.82, 2.24) is 15.1 Å². The van der Waals surface area contributed by atoms with Crippen LogP contribution in [0.25, 0.3) is 0 Å². The van der Waals surface area contributed by atoms with Gasteiger partial charge in [0.1, 0.15) is 0 Å². The van der Waals surface area contributed by atoms with Gasteiger partial charge in [0.2, 0.25) is 0 Å². The summed E-state index contributed by atoms with van der Waals surface area (Å²) in [5, 5.41) is 3.37. The van der Waals surface area contributed by atoms with Crippen LogP contribution < -0.4 is 5.32 Å². The Labute approximate surface area is 91.6 Å². The van der Waals surface area contributed by atoms with E-state index in [1.165, 1.54) is 6.42 Å². The maximum atomic E-state index is 11.8. The van der Waals surface area contributed by atoms with Crippen molar-refractivity contribution in [2.75, 3.05) is 39.8 Å². The van der Waals surface area contributed by atoms with E-state index in [-0.39, 0.29) is 6.03 Å². The molecule has 0 aliphatic carbocycles. The lowest BCUT2D eigenvalue weighted by atomic mass is 10.0. The summed E-state index contributed by atoms with van der Waals surface area (Å²) in [5.74, 6) is 0.782. The zero-order valence-corrected chi connectivity index (χ0v) is 9.54. The third-order valence-corrected chi connectivity index (χ3v) is 3.49. The Bertz CT molecular complexity index is 226. The van der Waals surface area contributed by atoms with Gasteiger partial charge in [-0.3, -0.25) is 0 Å². The molecule has 2 heterocycles. The van der Waals surface area contributed by atoms with Gasteiger partial charge in [-0.05, 0) is 38.3 Å². The quantitative estimate of drug-likeness (QED) is 0.747. The van der Waals surface area contributed by atoms with Crippen LogP contribution in [-0.2, 0) is 0 Å². The first-order valence-electron chi connectivity index (χ1n) is 5.98. The van der Waals surface area contributed by atoms with Crippen LogP contribution in [0, 0.1) is 5.92 Å². The molecule has 0 aromatic rings. The molecule has 0 aromatic heterocycles. The monoisotopic (exact) mass is 211 g/mol. The molecule has 2 fully saturated rings. The van der Waals surface area contributed by atoms with Crippen LogP contribution in [0.15, 0.2) is 0 Å². The van der Waals surface area contributed by atoms with Crippen LogP contribution in [-0.4, -0.2) is 55.6 Å². The van der Waals surface area contributed by atoms with Crippen LogP contribution in [0.3, 0.4) is 0 Å². The number of rotatable bonds is 3. The topological polar surface area (TPSA) is 35.6 Å². The molecular formula is C11H21N3O. The first kappa shape index (κ1) is 10.7. The summed E-state index contributed by atoms with van der Waals surface area (Å²) in [6, 6.07) is 0.215. The van der Waals surface area contributed by atoms with Gasteiger partial charge < -0.3 is 15.1 Å². The first-order valence-corrected chi connectivity index (χ1v) is 5.98. The van der Waals surface area contributed by atoms with Gasteiger partial charge in [0.25, 0.3) is 0 Å². The van der Waals surface area contributed by atoms with Crippen molar-refractivity contribution in [3.8, 4) is 0 Å². The average molecular weight is 211 g/mol. The van der Waals surface area contributed by atoms with Gasteiger partial charge >= 0.3 is 6.03 Å². The van der Waals surface area contributed by atoms with Crippen LogP contribution >= 0.6 is 0 Å². The molecule has 2 rings (SSSR count). The molecule has 2 saturated heterocycles. The summed E-state index contributed by atoms with van der Waals surface area (Å²) in [7, 11) is 1.89. The van der Waals surface area contributed by atoms with Crippen molar-refractivity contribution >= 4 is 6.03 Å². The van der Waals surface area contributed by atoms with Gasteiger partial charge in [-0.15, -0.1) is 0 Å². The molecule has 0 saturated carbocycles.